The lowest BCUT2D eigenvalue weighted by atomic mass is 9.82. The molecule has 3 heteroatoms. The molecule has 0 spiro atoms. The second-order valence-corrected chi connectivity index (χ2v) is 10.3. The van der Waals surface area contributed by atoms with Crippen molar-refractivity contribution >= 4 is 21.7 Å². The van der Waals surface area contributed by atoms with Gasteiger partial charge in [0.1, 0.15) is 0 Å². The summed E-state index contributed by atoms with van der Waals surface area (Å²) in [7, 11) is 0. The van der Waals surface area contributed by atoms with Crippen molar-refractivity contribution in [1.29, 1.82) is 0 Å². The van der Waals surface area contributed by atoms with Gasteiger partial charge in [-0.05, 0) is 70.0 Å². The Hall–Kier alpha value is -3.46. The summed E-state index contributed by atoms with van der Waals surface area (Å²) >= 11 is 0. The summed E-state index contributed by atoms with van der Waals surface area (Å²) in [6.07, 6.45) is 6.58. The highest BCUT2D eigenvalue weighted by Gasteiger charge is 2.19. The van der Waals surface area contributed by atoms with E-state index < -0.39 is 0 Å². The number of fused-ring (bicyclic) bond motifs is 2. The molecule has 0 amide bonds. The van der Waals surface area contributed by atoms with Crippen LogP contribution in [0, 0.1) is 5.92 Å². The highest BCUT2D eigenvalue weighted by atomic mass is 16.3. The van der Waals surface area contributed by atoms with Crippen molar-refractivity contribution in [2.75, 3.05) is 0 Å². The Kier molecular flexibility index (Phi) is 5.28. The molecule has 0 fully saturated rings. The number of pyridine rings is 2. The zero-order valence-corrected chi connectivity index (χ0v) is 20.0. The lowest BCUT2D eigenvalue weighted by Crippen LogP contribution is -2.12. The normalized spacial score (nSPS) is 12.2. The SMILES string of the molecule is CC(C)Cc1coc2cnc(-c3ccnc(-c4cc(C(C)(C)C)c5ccccc5c4)c3)cc12. The van der Waals surface area contributed by atoms with E-state index in [2.05, 4.69) is 88.1 Å². The van der Waals surface area contributed by atoms with Gasteiger partial charge in [0.25, 0.3) is 0 Å². The van der Waals surface area contributed by atoms with Crippen LogP contribution in [0.3, 0.4) is 0 Å². The monoisotopic (exact) mass is 434 g/mol. The topological polar surface area (TPSA) is 38.9 Å². The lowest BCUT2D eigenvalue weighted by Gasteiger charge is -2.22. The fourth-order valence-corrected chi connectivity index (χ4v) is 4.57. The first-order valence-corrected chi connectivity index (χ1v) is 11.7. The molecule has 0 aliphatic carbocycles. The van der Waals surface area contributed by atoms with Gasteiger partial charge >= 0.3 is 0 Å². The Morgan fingerprint density at radius 1 is 0.848 bits per heavy atom. The molecule has 3 nitrogen and oxygen atoms in total. The van der Waals surface area contributed by atoms with E-state index in [9.17, 15) is 0 Å². The quantitative estimate of drug-likeness (QED) is 0.286. The van der Waals surface area contributed by atoms with E-state index in [4.69, 9.17) is 9.40 Å². The van der Waals surface area contributed by atoms with E-state index in [1.807, 2.05) is 24.7 Å². The molecular weight excluding hydrogens is 404 g/mol. The predicted molar refractivity (Wildman–Crippen MR) is 137 cm³/mol. The first-order valence-electron chi connectivity index (χ1n) is 11.7. The number of furan rings is 1. The van der Waals surface area contributed by atoms with Crippen molar-refractivity contribution in [2.24, 2.45) is 5.92 Å². The zero-order valence-electron chi connectivity index (χ0n) is 20.0. The van der Waals surface area contributed by atoms with Crippen molar-refractivity contribution in [1.82, 2.24) is 9.97 Å². The Labute approximate surface area is 195 Å². The Morgan fingerprint density at radius 3 is 2.42 bits per heavy atom. The average Bonchev–Trinajstić information content (AvgIpc) is 3.19. The third-order valence-electron chi connectivity index (χ3n) is 6.19. The summed E-state index contributed by atoms with van der Waals surface area (Å²) in [5.74, 6) is 0.569. The van der Waals surface area contributed by atoms with Crippen LogP contribution in [0.1, 0.15) is 45.7 Å². The highest BCUT2D eigenvalue weighted by Crippen LogP contribution is 2.35. The number of rotatable bonds is 4. The van der Waals surface area contributed by atoms with Gasteiger partial charge in [0.2, 0.25) is 0 Å². The minimum Gasteiger partial charge on any atom is -0.462 e. The van der Waals surface area contributed by atoms with Gasteiger partial charge in [-0.25, -0.2) is 0 Å². The fourth-order valence-electron chi connectivity index (χ4n) is 4.57. The molecule has 0 saturated carbocycles. The molecule has 3 aromatic heterocycles. The van der Waals surface area contributed by atoms with Gasteiger partial charge in [-0.3, -0.25) is 9.97 Å². The van der Waals surface area contributed by atoms with Crippen LogP contribution >= 0.6 is 0 Å². The van der Waals surface area contributed by atoms with Crippen molar-refractivity contribution in [3.63, 3.8) is 0 Å². The first kappa shape index (κ1) is 21.4. The van der Waals surface area contributed by atoms with E-state index in [1.54, 1.807) is 0 Å². The van der Waals surface area contributed by atoms with E-state index in [-0.39, 0.29) is 5.41 Å². The smallest absolute Gasteiger partial charge is 0.152 e. The van der Waals surface area contributed by atoms with Crippen LogP contribution < -0.4 is 0 Å². The molecule has 0 aliphatic rings. The second-order valence-electron chi connectivity index (χ2n) is 10.3. The largest absolute Gasteiger partial charge is 0.462 e. The third kappa shape index (κ3) is 4.16. The van der Waals surface area contributed by atoms with E-state index in [0.717, 1.165) is 39.9 Å². The molecule has 5 rings (SSSR count). The van der Waals surface area contributed by atoms with Crippen LogP contribution in [-0.4, -0.2) is 9.97 Å². The number of hydrogen-bond donors (Lipinski definition) is 0. The van der Waals surface area contributed by atoms with Crippen molar-refractivity contribution in [3.05, 3.63) is 84.4 Å². The van der Waals surface area contributed by atoms with E-state index in [1.165, 1.54) is 21.9 Å². The molecule has 0 aliphatic heterocycles. The highest BCUT2D eigenvalue weighted by molar-refractivity contribution is 5.91. The summed E-state index contributed by atoms with van der Waals surface area (Å²) in [5, 5.41) is 3.69. The maximum absolute atomic E-state index is 5.74. The molecular formula is C30H30N2O. The molecule has 33 heavy (non-hydrogen) atoms. The molecule has 0 radical (unpaired) electrons. The van der Waals surface area contributed by atoms with Gasteiger partial charge in [-0.1, -0.05) is 58.9 Å². The minimum atomic E-state index is 0.0356. The number of benzene rings is 2. The van der Waals surface area contributed by atoms with Crippen molar-refractivity contribution < 1.29 is 4.42 Å². The van der Waals surface area contributed by atoms with Gasteiger partial charge < -0.3 is 4.42 Å². The molecule has 0 saturated heterocycles. The molecule has 3 heterocycles. The van der Waals surface area contributed by atoms with Gasteiger partial charge in [-0.2, -0.15) is 0 Å². The van der Waals surface area contributed by atoms with Gasteiger partial charge in [0.15, 0.2) is 5.58 Å². The number of hydrogen-bond acceptors (Lipinski definition) is 3. The Bertz CT molecular complexity index is 1450. The van der Waals surface area contributed by atoms with Gasteiger partial charge in [0, 0.05) is 22.7 Å². The second kappa shape index (κ2) is 8.15. The molecule has 5 aromatic rings. The van der Waals surface area contributed by atoms with E-state index in [0.29, 0.717) is 5.92 Å². The minimum absolute atomic E-state index is 0.0356. The van der Waals surface area contributed by atoms with Crippen molar-refractivity contribution in [3.8, 4) is 22.5 Å². The predicted octanol–water partition coefficient (Wildman–Crippen LogP) is 8.21. The van der Waals surface area contributed by atoms with Crippen molar-refractivity contribution in [2.45, 2.75) is 46.5 Å². The van der Waals surface area contributed by atoms with Crippen LogP contribution in [0.5, 0.6) is 0 Å². The maximum atomic E-state index is 5.74. The first-order chi connectivity index (χ1) is 15.8. The Balaban J connectivity index is 1.61. The molecule has 166 valence electrons. The molecule has 0 unspecified atom stereocenters. The lowest BCUT2D eigenvalue weighted by molar-refractivity contribution is 0.593. The van der Waals surface area contributed by atoms with Crippen LogP contribution in [0.4, 0.5) is 0 Å². The van der Waals surface area contributed by atoms with Crippen LogP contribution in [0.2, 0.25) is 0 Å². The third-order valence-corrected chi connectivity index (χ3v) is 6.19. The molecule has 2 aromatic carbocycles. The van der Waals surface area contributed by atoms with Crippen LogP contribution in [0.15, 0.2) is 77.7 Å². The van der Waals surface area contributed by atoms with Crippen LogP contribution in [0.25, 0.3) is 44.3 Å². The molecule has 0 atom stereocenters. The number of aromatic nitrogens is 2. The summed E-state index contributed by atoms with van der Waals surface area (Å²) in [6, 6.07) is 19.5. The summed E-state index contributed by atoms with van der Waals surface area (Å²) in [4.78, 5) is 9.42. The summed E-state index contributed by atoms with van der Waals surface area (Å²) < 4.78 is 5.74. The maximum Gasteiger partial charge on any atom is 0.152 e. The molecule has 0 bridgehead atoms. The summed E-state index contributed by atoms with van der Waals surface area (Å²) in [6.45, 7) is 11.3. The zero-order chi connectivity index (χ0) is 23.2. The number of nitrogens with zero attached hydrogens (tertiary/aromatic N) is 2. The standard InChI is InChI=1S/C30H30N2O/c1-19(2)12-23-18-33-29-17-32-28(16-25(23)29)21-10-11-31-27(15-21)22-13-20-8-6-7-9-24(20)26(14-22)30(3,4)5/h6-11,13-19H,12H2,1-5H3. The Morgan fingerprint density at radius 2 is 1.64 bits per heavy atom. The molecule has 0 N–H and O–H groups in total. The fraction of sp³-hybridized carbons (Fsp3) is 0.267. The van der Waals surface area contributed by atoms with Crippen LogP contribution in [-0.2, 0) is 11.8 Å². The average molecular weight is 435 g/mol. The summed E-state index contributed by atoms with van der Waals surface area (Å²) in [5.41, 5.74) is 7.53. The van der Waals surface area contributed by atoms with E-state index >= 15 is 0 Å². The van der Waals surface area contributed by atoms with Gasteiger partial charge in [-0.15, -0.1) is 0 Å². The van der Waals surface area contributed by atoms with Gasteiger partial charge in [0.05, 0.1) is 23.8 Å².